The van der Waals surface area contributed by atoms with E-state index in [0.717, 1.165) is 10.5 Å². The Morgan fingerprint density at radius 1 is 1.00 bits per heavy atom. The molecule has 0 aliphatic carbocycles. The molecule has 20 heavy (non-hydrogen) atoms. The van der Waals surface area contributed by atoms with Gasteiger partial charge in [0.05, 0.1) is 0 Å². The fourth-order valence-corrected chi connectivity index (χ4v) is 2.45. The molecule has 1 unspecified atom stereocenters. The number of rotatable bonds is 4. The van der Waals surface area contributed by atoms with E-state index in [1.165, 1.54) is 24.3 Å². The monoisotopic (exact) mass is 343 g/mol. The molecule has 2 N–H and O–H groups in total. The van der Waals surface area contributed by atoms with E-state index in [2.05, 4.69) is 15.9 Å². The van der Waals surface area contributed by atoms with E-state index in [1.54, 1.807) is 6.07 Å². The minimum Gasteiger partial charge on any atom is -0.327 e. The van der Waals surface area contributed by atoms with E-state index in [-0.39, 0.29) is 17.8 Å². The van der Waals surface area contributed by atoms with Gasteiger partial charge in [0.25, 0.3) is 0 Å². The highest BCUT2D eigenvalue weighted by atomic mass is 79.9. The van der Waals surface area contributed by atoms with Crippen LogP contribution in [-0.2, 0) is 12.8 Å². The van der Waals surface area contributed by atoms with Gasteiger partial charge in [-0.15, -0.1) is 0 Å². The van der Waals surface area contributed by atoms with Crippen LogP contribution >= 0.6 is 15.9 Å². The Morgan fingerprint density at radius 2 is 1.70 bits per heavy atom. The summed E-state index contributed by atoms with van der Waals surface area (Å²) in [7, 11) is 0. The highest BCUT2D eigenvalue weighted by Gasteiger charge is 2.13. The fraction of sp³-hybridized carbons (Fsp3) is 0.200. The van der Waals surface area contributed by atoms with Gasteiger partial charge in [-0.2, -0.15) is 0 Å². The molecule has 2 aromatic rings. The van der Waals surface area contributed by atoms with Crippen LogP contribution in [0.5, 0.6) is 0 Å². The van der Waals surface area contributed by atoms with Crippen LogP contribution in [0.15, 0.2) is 40.9 Å². The molecule has 1 nitrogen and oxygen atoms in total. The molecule has 0 saturated heterocycles. The lowest BCUT2D eigenvalue weighted by Crippen LogP contribution is -2.26. The van der Waals surface area contributed by atoms with Crippen LogP contribution < -0.4 is 5.73 Å². The van der Waals surface area contributed by atoms with Crippen molar-refractivity contribution in [2.24, 2.45) is 5.73 Å². The van der Waals surface area contributed by atoms with Crippen LogP contribution in [0.1, 0.15) is 11.1 Å². The second-order valence-electron chi connectivity index (χ2n) is 4.62. The van der Waals surface area contributed by atoms with Gasteiger partial charge in [0.15, 0.2) is 11.6 Å². The molecule has 0 aliphatic heterocycles. The van der Waals surface area contributed by atoms with Gasteiger partial charge < -0.3 is 5.73 Å². The largest absolute Gasteiger partial charge is 0.327 e. The van der Waals surface area contributed by atoms with Gasteiger partial charge >= 0.3 is 0 Å². The molecule has 0 spiro atoms. The van der Waals surface area contributed by atoms with Crippen molar-refractivity contribution in [3.05, 3.63) is 69.4 Å². The molecule has 0 saturated carbocycles. The van der Waals surface area contributed by atoms with Crippen molar-refractivity contribution in [3.63, 3.8) is 0 Å². The Hall–Kier alpha value is -1.33. The standard InChI is InChI=1S/C15H13BrF3N/c16-13-5-4-11(17)6-10(13)8-12(20)7-9-2-1-3-14(18)15(9)19/h1-6,12H,7-8,20H2. The van der Waals surface area contributed by atoms with Gasteiger partial charge in [-0.1, -0.05) is 28.1 Å². The first-order chi connectivity index (χ1) is 9.47. The highest BCUT2D eigenvalue weighted by Crippen LogP contribution is 2.20. The van der Waals surface area contributed by atoms with Gasteiger partial charge in [0.1, 0.15) is 5.82 Å². The predicted molar refractivity (Wildman–Crippen MR) is 75.8 cm³/mol. The third kappa shape index (κ3) is 3.61. The third-order valence-electron chi connectivity index (χ3n) is 3.00. The van der Waals surface area contributed by atoms with Crippen molar-refractivity contribution in [2.45, 2.75) is 18.9 Å². The number of hydrogen-bond donors (Lipinski definition) is 1. The molecule has 0 aromatic heterocycles. The van der Waals surface area contributed by atoms with Crippen molar-refractivity contribution in [2.75, 3.05) is 0 Å². The molecule has 106 valence electrons. The summed E-state index contributed by atoms with van der Waals surface area (Å²) in [5.41, 5.74) is 6.87. The predicted octanol–water partition coefficient (Wildman–Crippen LogP) is 3.98. The fourth-order valence-electron chi connectivity index (χ4n) is 2.04. The second kappa shape index (κ2) is 6.41. The van der Waals surface area contributed by atoms with Gasteiger partial charge in [-0.25, -0.2) is 13.2 Å². The molecule has 0 bridgehead atoms. The highest BCUT2D eigenvalue weighted by molar-refractivity contribution is 9.10. The molecule has 0 amide bonds. The van der Waals surface area contributed by atoms with Crippen LogP contribution in [0.25, 0.3) is 0 Å². The Labute approximate surface area is 123 Å². The van der Waals surface area contributed by atoms with E-state index in [0.29, 0.717) is 12.0 Å². The van der Waals surface area contributed by atoms with Crippen LogP contribution in [0, 0.1) is 17.5 Å². The lowest BCUT2D eigenvalue weighted by Gasteiger charge is -2.14. The van der Waals surface area contributed by atoms with Crippen molar-refractivity contribution < 1.29 is 13.2 Å². The number of hydrogen-bond acceptors (Lipinski definition) is 1. The van der Waals surface area contributed by atoms with Crippen molar-refractivity contribution in [1.29, 1.82) is 0 Å². The Bertz CT molecular complexity index is 612. The smallest absolute Gasteiger partial charge is 0.162 e. The topological polar surface area (TPSA) is 26.0 Å². The van der Waals surface area contributed by atoms with Crippen molar-refractivity contribution in [3.8, 4) is 0 Å². The van der Waals surface area contributed by atoms with Gasteiger partial charge in [-0.05, 0) is 48.2 Å². The summed E-state index contributed by atoms with van der Waals surface area (Å²) in [6.07, 6.45) is 0.556. The first-order valence-corrected chi connectivity index (χ1v) is 6.89. The Balaban J connectivity index is 2.11. The number of benzene rings is 2. The van der Waals surface area contributed by atoms with Gasteiger partial charge in [0, 0.05) is 10.5 Å². The third-order valence-corrected chi connectivity index (χ3v) is 3.78. The summed E-state index contributed by atoms with van der Waals surface area (Å²) in [5, 5.41) is 0. The first-order valence-electron chi connectivity index (χ1n) is 6.09. The zero-order valence-electron chi connectivity index (χ0n) is 10.5. The zero-order valence-corrected chi connectivity index (χ0v) is 12.1. The van der Waals surface area contributed by atoms with Crippen molar-refractivity contribution in [1.82, 2.24) is 0 Å². The van der Waals surface area contributed by atoms with E-state index in [1.807, 2.05) is 0 Å². The van der Waals surface area contributed by atoms with Gasteiger partial charge in [0.2, 0.25) is 0 Å². The van der Waals surface area contributed by atoms with Crippen LogP contribution in [0.4, 0.5) is 13.2 Å². The number of nitrogens with two attached hydrogens (primary N) is 1. The molecule has 0 fully saturated rings. The Morgan fingerprint density at radius 3 is 2.45 bits per heavy atom. The summed E-state index contributed by atoms with van der Waals surface area (Å²) in [4.78, 5) is 0. The molecule has 1 atom stereocenters. The van der Waals surface area contributed by atoms with Crippen molar-refractivity contribution >= 4 is 15.9 Å². The van der Waals surface area contributed by atoms with E-state index in [4.69, 9.17) is 5.73 Å². The molecular weight excluding hydrogens is 331 g/mol. The summed E-state index contributed by atoms with van der Waals surface area (Å²) in [6.45, 7) is 0. The van der Waals surface area contributed by atoms with Crippen LogP contribution in [-0.4, -0.2) is 6.04 Å². The molecule has 2 aromatic carbocycles. The molecule has 2 rings (SSSR count). The summed E-state index contributed by atoms with van der Waals surface area (Å²) in [6, 6.07) is 7.90. The van der Waals surface area contributed by atoms with E-state index < -0.39 is 17.7 Å². The lowest BCUT2D eigenvalue weighted by atomic mass is 9.99. The maximum Gasteiger partial charge on any atom is 0.162 e. The summed E-state index contributed by atoms with van der Waals surface area (Å²) < 4.78 is 40.6. The minimum absolute atomic E-state index is 0.187. The second-order valence-corrected chi connectivity index (χ2v) is 5.47. The SMILES string of the molecule is NC(Cc1cc(F)ccc1Br)Cc1cccc(F)c1F. The molecule has 0 aliphatic rings. The van der Waals surface area contributed by atoms with Gasteiger partial charge in [-0.3, -0.25) is 0 Å². The summed E-state index contributed by atoms with van der Waals surface area (Å²) >= 11 is 3.31. The lowest BCUT2D eigenvalue weighted by molar-refractivity contribution is 0.492. The average Bonchev–Trinajstić information content (AvgIpc) is 2.39. The Kier molecular flexibility index (Phi) is 4.83. The molecular formula is C15H13BrF3N. The zero-order chi connectivity index (χ0) is 14.7. The van der Waals surface area contributed by atoms with Crippen LogP contribution in [0.2, 0.25) is 0 Å². The molecule has 0 heterocycles. The van der Waals surface area contributed by atoms with E-state index in [9.17, 15) is 13.2 Å². The minimum atomic E-state index is -0.887. The molecule has 5 heteroatoms. The first kappa shape index (κ1) is 15.1. The maximum atomic E-state index is 13.5. The molecule has 0 radical (unpaired) electrons. The summed E-state index contributed by atoms with van der Waals surface area (Å²) in [5.74, 6) is -2.12. The van der Waals surface area contributed by atoms with Crippen LogP contribution in [0.3, 0.4) is 0 Å². The van der Waals surface area contributed by atoms with E-state index >= 15 is 0 Å². The average molecular weight is 344 g/mol. The quantitative estimate of drug-likeness (QED) is 0.892. The maximum absolute atomic E-state index is 13.5. The number of halogens is 4. The normalized spacial score (nSPS) is 12.4.